The zero-order chi connectivity index (χ0) is 17.8. The molecule has 132 valence electrons. The lowest BCUT2D eigenvalue weighted by Crippen LogP contribution is -2.01. The standard InChI is InChI=1S/C18H21N3OS3/c1-4-12-6-5-7-13-14(8-19-16(12)13)15(22)10-24-18-21-20-17(25-18)23-9-11(2)3/h5-8,11,19H,4,9-10H2,1-3H3. The number of fused-ring (bicyclic) bond motifs is 1. The van der Waals surface area contributed by atoms with Crippen molar-refractivity contribution in [2.45, 2.75) is 35.9 Å². The van der Waals surface area contributed by atoms with Crippen LogP contribution in [0.25, 0.3) is 10.9 Å². The largest absolute Gasteiger partial charge is 0.360 e. The van der Waals surface area contributed by atoms with Crippen molar-refractivity contribution in [3.05, 3.63) is 35.5 Å². The molecular formula is C18H21N3OS3. The highest BCUT2D eigenvalue weighted by Gasteiger charge is 2.15. The number of nitrogens with one attached hydrogen (secondary N) is 1. The number of carbonyl (C=O) groups excluding carboxylic acids is 1. The molecular weight excluding hydrogens is 370 g/mol. The van der Waals surface area contributed by atoms with Crippen LogP contribution in [0.2, 0.25) is 0 Å². The molecule has 0 spiro atoms. The van der Waals surface area contributed by atoms with Gasteiger partial charge in [0, 0.05) is 28.4 Å². The van der Waals surface area contributed by atoms with E-state index in [0.29, 0.717) is 11.7 Å². The van der Waals surface area contributed by atoms with E-state index in [1.807, 2.05) is 18.3 Å². The Bertz CT molecular complexity index is 869. The molecule has 0 aliphatic heterocycles. The molecule has 0 fully saturated rings. The van der Waals surface area contributed by atoms with Gasteiger partial charge in [-0.2, -0.15) is 0 Å². The van der Waals surface area contributed by atoms with E-state index in [1.54, 1.807) is 23.1 Å². The highest BCUT2D eigenvalue weighted by Crippen LogP contribution is 2.31. The third kappa shape index (κ3) is 4.46. The van der Waals surface area contributed by atoms with Crippen molar-refractivity contribution in [3.8, 4) is 0 Å². The minimum Gasteiger partial charge on any atom is -0.360 e. The van der Waals surface area contributed by atoms with Gasteiger partial charge in [-0.05, 0) is 17.9 Å². The maximum Gasteiger partial charge on any atom is 0.175 e. The molecule has 0 saturated heterocycles. The number of Topliss-reactive ketones (excluding diaryl/α,β-unsaturated/α-hetero) is 1. The summed E-state index contributed by atoms with van der Waals surface area (Å²) in [6.45, 7) is 6.50. The highest BCUT2D eigenvalue weighted by atomic mass is 32.2. The average molecular weight is 392 g/mol. The fraction of sp³-hybridized carbons (Fsp3) is 0.389. The van der Waals surface area contributed by atoms with Gasteiger partial charge in [-0.25, -0.2) is 0 Å². The van der Waals surface area contributed by atoms with Gasteiger partial charge in [-0.15, -0.1) is 10.2 Å². The van der Waals surface area contributed by atoms with Crippen molar-refractivity contribution in [3.63, 3.8) is 0 Å². The summed E-state index contributed by atoms with van der Waals surface area (Å²) in [7, 11) is 0. The monoisotopic (exact) mass is 391 g/mol. The number of ketones is 1. The van der Waals surface area contributed by atoms with Crippen LogP contribution in [0.1, 0.15) is 36.7 Å². The van der Waals surface area contributed by atoms with E-state index in [4.69, 9.17) is 0 Å². The summed E-state index contributed by atoms with van der Waals surface area (Å²) in [5, 5.41) is 9.39. The van der Waals surface area contributed by atoms with E-state index in [2.05, 4.69) is 42.0 Å². The molecule has 0 unspecified atom stereocenters. The Balaban J connectivity index is 1.65. The van der Waals surface area contributed by atoms with Gasteiger partial charge in [0.05, 0.1) is 5.75 Å². The molecule has 4 nitrogen and oxygen atoms in total. The molecule has 2 heterocycles. The molecule has 25 heavy (non-hydrogen) atoms. The Morgan fingerprint density at radius 3 is 2.72 bits per heavy atom. The number of nitrogens with zero attached hydrogens (tertiary/aromatic N) is 2. The van der Waals surface area contributed by atoms with Crippen LogP contribution in [0.15, 0.2) is 33.1 Å². The fourth-order valence-electron chi connectivity index (χ4n) is 2.50. The van der Waals surface area contributed by atoms with Crippen molar-refractivity contribution in [1.82, 2.24) is 15.2 Å². The van der Waals surface area contributed by atoms with Gasteiger partial charge in [0.15, 0.2) is 14.5 Å². The van der Waals surface area contributed by atoms with Gasteiger partial charge in [0.1, 0.15) is 0 Å². The number of H-pyrrole nitrogens is 1. The second-order valence-electron chi connectivity index (χ2n) is 6.15. The fourth-order valence-corrected chi connectivity index (χ4v) is 5.38. The Morgan fingerprint density at radius 2 is 2.00 bits per heavy atom. The summed E-state index contributed by atoms with van der Waals surface area (Å²) < 4.78 is 1.83. The quantitative estimate of drug-likeness (QED) is 0.417. The van der Waals surface area contributed by atoms with Crippen molar-refractivity contribution < 1.29 is 4.79 Å². The van der Waals surface area contributed by atoms with Crippen LogP contribution in [-0.4, -0.2) is 32.5 Å². The van der Waals surface area contributed by atoms with E-state index in [0.717, 1.165) is 37.3 Å². The number of benzene rings is 1. The lowest BCUT2D eigenvalue weighted by Gasteiger charge is -2.01. The first-order chi connectivity index (χ1) is 12.1. The molecule has 0 aliphatic carbocycles. The Hall–Kier alpha value is -1.31. The number of aromatic nitrogens is 3. The third-order valence-corrected chi connectivity index (χ3v) is 7.35. The number of hydrogen-bond acceptors (Lipinski definition) is 6. The first kappa shape index (κ1) is 18.5. The first-order valence-corrected chi connectivity index (χ1v) is 11.1. The Labute approximate surface area is 160 Å². The minimum atomic E-state index is 0.121. The van der Waals surface area contributed by atoms with Crippen LogP contribution in [0.5, 0.6) is 0 Å². The molecule has 0 aliphatic rings. The molecule has 3 aromatic rings. The van der Waals surface area contributed by atoms with Crippen molar-refractivity contribution in [2.75, 3.05) is 11.5 Å². The van der Waals surface area contributed by atoms with Crippen LogP contribution in [-0.2, 0) is 6.42 Å². The van der Waals surface area contributed by atoms with Crippen LogP contribution in [0.3, 0.4) is 0 Å². The molecule has 0 saturated carbocycles. The predicted octanol–water partition coefficient (Wildman–Crippen LogP) is 5.30. The number of aromatic amines is 1. The number of thioether (sulfide) groups is 2. The summed E-state index contributed by atoms with van der Waals surface area (Å²) in [6.07, 6.45) is 2.78. The summed E-state index contributed by atoms with van der Waals surface area (Å²) in [5.74, 6) is 2.16. The zero-order valence-electron chi connectivity index (χ0n) is 14.5. The van der Waals surface area contributed by atoms with Crippen molar-refractivity contribution >= 4 is 51.5 Å². The topological polar surface area (TPSA) is 58.6 Å². The second kappa shape index (κ2) is 8.38. The van der Waals surface area contributed by atoms with Gasteiger partial charge in [0.25, 0.3) is 0 Å². The molecule has 0 bridgehead atoms. The summed E-state index contributed by atoms with van der Waals surface area (Å²) in [6, 6.07) is 6.12. The highest BCUT2D eigenvalue weighted by molar-refractivity contribution is 8.03. The lowest BCUT2D eigenvalue weighted by atomic mass is 10.1. The van der Waals surface area contributed by atoms with Gasteiger partial charge < -0.3 is 4.98 Å². The predicted molar refractivity (Wildman–Crippen MR) is 108 cm³/mol. The Morgan fingerprint density at radius 1 is 1.24 bits per heavy atom. The molecule has 1 aromatic carbocycles. The second-order valence-corrected chi connectivity index (χ2v) is 9.61. The van der Waals surface area contributed by atoms with E-state index in [-0.39, 0.29) is 5.78 Å². The van der Waals surface area contributed by atoms with Crippen molar-refractivity contribution in [1.29, 1.82) is 0 Å². The first-order valence-electron chi connectivity index (χ1n) is 8.29. The van der Waals surface area contributed by atoms with Gasteiger partial charge in [0.2, 0.25) is 0 Å². The number of hydrogen-bond donors (Lipinski definition) is 1. The molecule has 7 heteroatoms. The summed E-state index contributed by atoms with van der Waals surface area (Å²) in [5.41, 5.74) is 3.07. The van der Waals surface area contributed by atoms with E-state index in [1.165, 1.54) is 17.3 Å². The van der Waals surface area contributed by atoms with E-state index >= 15 is 0 Å². The number of aryl methyl sites for hydroxylation is 1. The molecule has 3 rings (SSSR count). The smallest absolute Gasteiger partial charge is 0.175 e. The van der Waals surface area contributed by atoms with Crippen molar-refractivity contribution in [2.24, 2.45) is 5.92 Å². The van der Waals surface area contributed by atoms with Gasteiger partial charge in [-0.3, -0.25) is 4.79 Å². The lowest BCUT2D eigenvalue weighted by molar-refractivity contribution is 0.102. The van der Waals surface area contributed by atoms with Gasteiger partial charge >= 0.3 is 0 Å². The third-order valence-electron chi connectivity index (χ3n) is 3.74. The number of rotatable bonds is 8. The summed E-state index contributed by atoms with van der Waals surface area (Å²) in [4.78, 5) is 15.9. The Kier molecular flexibility index (Phi) is 6.19. The number of carbonyl (C=O) groups is 1. The van der Waals surface area contributed by atoms with Crippen LogP contribution >= 0.6 is 34.9 Å². The molecule has 1 N–H and O–H groups in total. The van der Waals surface area contributed by atoms with E-state index < -0.39 is 0 Å². The van der Waals surface area contributed by atoms with E-state index in [9.17, 15) is 4.79 Å². The minimum absolute atomic E-state index is 0.121. The molecule has 2 aromatic heterocycles. The summed E-state index contributed by atoms with van der Waals surface area (Å²) >= 11 is 4.76. The maximum absolute atomic E-state index is 12.6. The van der Waals surface area contributed by atoms with Crippen LogP contribution in [0, 0.1) is 5.92 Å². The van der Waals surface area contributed by atoms with Crippen LogP contribution < -0.4 is 0 Å². The molecule has 0 amide bonds. The van der Waals surface area contributed by atoms with Crippen LogP contribution in [0.4, 0.5) is 0 Å². The maximum atomic E-state index is 12.6. The zero-order valence-corrected chi connectivity index (χ0v) is 17.0. The normalized spacial score (nSPS) is 11.5. The molecule has 0 radical (unpaired) electrons. The molecule has 0 atom stereocenters. The average Bonchev–Trinajstić information content (AvgIpc) is 3.24. The SMILES string of the molecule is CCc1cccc2c(C(=O)CSc3nnc(SCC(C)C)s3)c[nH]c12. The van der Waals surface area contributed by atoms with Gasteiger partial charge in [-0.1, -0.05) is 73.8 Å². The number of para-hydroxylation sites is 1.